The van der Waals surface area contributed by atoms with Gasteiger partial charge in [0.2, 0.25) is 0 Å². The van der Waals surface area contributed by atoms with E-state index in [2.05, 4.69) is 60.5 Å². The lowest BCUT2D eigenvalue weighted by Crippen LogP contribution is -2.26. The molecule has 1 N–H and O–H groups in total. The zero-order chi connectivity index (χ0) is 14.4. The van der Waals surface area contributed by atoms with E-state index in [4.69, 9.17) is 0 Å². The van der Waals surface area contributed by atoms with E-state index in [0.29, 0.717) is 6.04 Å². The summed E-state index contributed by atoms with van der Waals surface area (Å²) in [5, 5.41) is 4.86. The Morgan fingerprint density at radius 1 is 1.25 bits per heavy atom. The molecule has 2 aromatic rings. The van der Waals surface area contributed by atoms with Crippen molar-refractivity contribution in [1.29, 1.82) is 0 Å². The number of hydrogen-bond acceptors (Lipinski definition) is 3. The standard InChI is InChI=1S/C17H25N3/c1-4-10-18-16(9-12-20(2)3)15-8-7-14-6-5-11-19-17(14)13-15/h5-8,11,13,16,18H,4,9-10,12H2,1-3H3. The van der Waals surface area contributed by atoms with Crippen molar-refractivity contribution in [1.82, 2.24) is 15.2 Å². The molecule has 0 radical (unpaired) electrons. The van der Waals surface area contributed by atoms with Gasteiger partial charge in [0.1, 0.15) is 0 Å². The van der Waals surface area contributed by atoms with E-state index in [-0.39, 0.29) is 0 Å². The molecule has 108 valence electrons. The van der Waals surface area contributed by atoms with Crippen LogP contribution in [0.15, 0.2) is 36.5 Å². The molecule has 1 heterocycles. The number of pyridine rings is 1. The smallest absolute Gasteiger partial charge is 0.0705 e. The lowest BCUT2D eigenvalue weighted by atomic mass is 10.0. The summed E-state index contributed by atoms with van der Waals surface area (Å²) in [7, 11) is 4.25. The van der Waals surface area contributed by atoms with Crippen molar-refractivity contribution in [3.05, 3.63) is 42.1 Å². The minimum Gasteiger partial charge on any atom is -0.310 e. The number of benzene rings is 1. The van der Waals surface area contributed by atoms with Crippen LogP contribution < -0.4 is 5.32 Å². The molecule has 0 spiro atoms. The van der Waals surface area contributed by atoms with Crippen LogP contribution in [-0.4, -0.2) is 37.1 Å². The summed E-state index contributed by atoms with van der Waals surface area (Å²) in [6, 6.07) is 11.1. The maximum atomic E-state index is 4.46. The van der Waals surface area contributed by atoms with Gasteiger partial charge in [-0.15, -0.1) is 0 Å². The van der Waals surface area contributed by atoms with Crippen LogP contribution in [0.5, 0.6) is 0 Å². The summed E-state index contributed by atoms with van der Waals surface area (Å²) in [5.74, 6) is 0. The molecule has 1 aromatic carbocycles. The first kappa shape index (κ1) is 14.9. The molecule has 3 nitrogen and oxygen atoms in total. The second kappa shape index (κ2) is 7.36. The van der Waals surface area contributed by atoms with Crippen LogP contribution in [0.2, 0.25) is 0 Å². The van der Waals surface area contributed by atoms with Crippen LogP contribution in [0.3, 0.4) is 0 Å². The van der Waals surface area contributed by atoms with Crippen LogP contribution in [-0.2, 0) is 0 Å². The average Bonchev–Trinajstić information content (AvgIpc) is 2.46. The second-order valence-electron chi connectivity index (χ2n) is 5.55. The Hall–Kier alpha value is -1.45. The van der Waals surface area contributed by atoms with Gasteiger partial charge in [-0.25, -0.2) is 0 Å². The van der Waals surface area contributed by atoms with Crippen molar-refractivity contribution in [2.24, 2.45) is 0 Å². The van der Waals surface area contributed by atoms with Crippen LogP contribution >= 0.6 is 0 Å². The summed E-state index contributed by atoms with van der Waals surface area (Å²) < 4.78 is 0. The van der Waals surface area contributed by atoms with Gasteiger partial charge in [-0.05, 0) is 57.7 Å². The largest absolute Gasteiger partial charge is 0.310 e. The van der Waals surface area contributed by atoms with Gasteiger partial charge in [-0.2, -0.15) is 0 Å². The molecule has 0 saturated heterocycles. The number of aromatic nitrogens is 1. The highest BCUT2D eigenvalue weighted by atomic mass is 15.1. The molecule has 2 rings (SSSR count). The van der Waals surface area contributed by atoms with Gasteiger partial charge >= 0.3 is 0 Å². The van der Waals surface area contributed by atoms with Gasteiger partial charge in [0.15, 0.2) is 0 Å². The fraction of sp³-hybridized carbons (Fsp3) is 0.471. The molecule has 1 unspecified atom stereocenters. The maximum Gasteiger partial charge on any atom is 0.0705 e. The Bertz CT molecular complexity index is 537. The van der Waals surface area contributed by atoms with E-state index in [1.54, 1.807) is 0 Å². The van der Waals surface area contributed by atoms with E-state index in [0.717, 1.165) is 31.4 Å². The van der Waals surface area contributed by atoms with Crippen molar-refractivity contribution in [2.75, 3.05) is 27.2 Å². The second-order valence-corrected chi connectivity index (χ2v) is 5.55. The first-order valence-corrected chi connectivity index (χ1v) is 7.43. The van der Waals surface area contributed by atoms with E-state index in [1.165, 1.54) is 10.9 Å². The van der Waals surface area contributed by atoms with Gasteiger partial charge in [-0.3, -0.25) is 4.98 Å². The quantitative estimate of drug-likeness (QED) is 0.838. The Labute approximate surface area is 122 Å². The van der Waals surface area contributed by atoms with E-state index < -0.39 is 0 Å². The summed E-state index contributed by atoms with van der Waals surface area (Å²) in [6.45, 7) is 4.35. The Kier molecular flexibility index (Phi) is 5.50. The maximum absolute atomic E-state index is 4.46. The summed E-state index contributed by atoms with van der Waals surface area (Å²) in [5.41, 5.74) is 2.42. The van der Waals surface area contributed by atoms with Crippen LogP contribution in [0, 0.1) is 0 Å². The molecule has 1 aromatic heterocycles. The molecular weight excluding hydrogens is 246 g/mol. The third-order valence-corrected chi connectivity index (χ3v) is 3.54. The number of hydrogen-bond donors (Lipinski definition) is 1. The van der Waals surface area contributed by atoms with Crippen LogP contribution in [0.25, 0.3) is 10.9 Å². The summed E-state index contributed by atoms with van der Waals surface area (Å²) in [6.07, 6.45) is 4.13. The lowest BCUT2D eigenvalue weighted by Gasteiger charge is -2.21. The Balaban J connectivity index is 2.19. The molecule has 0 aliphatic heterocycles. The molecule has 0 aliphatic rings. The first-order valence-electron chi connectivity index (χ1n) is 7.43. The average molecular weight is 271 g/mol. The summed E-state index contributed by atoms with van der Waals surface area (Å²) >= 11 is 0. The van der Waals surface area contributed by atoms with E-state index >= 15 is 0 Å². The third-order valence-electron chi connectivity index (χ3n) is 3.54. The predicted octanol–water partition coefficient (Wildman–Crippen LogP) is 3.23. The Morgan fingerprint density at radius 3 is 2.85 bits per heavy atom. The molecule has 0 saturated carbocycles. The zero-order valence-electron chi connectivity index (χ0n) is 12.8. The van der Waals surface area contributed by atoms with Crippen LogP contribution in [0.1, 0.15) is 31.4 Å². The number of nitrogens with one attached hydrogen (secondary N) is 1. The zero-order valence-corrected chi connectivity index (χ0v) is 12.8. The topological polar surface area (TPSA) is 28.2 Å². The van der Waals surface area contributed by atoms with Crippen LogP contribution in [0.4, 0.5) is 0 Å². The number of rotatable bonds is 7. The van der Waals surface area contributed by atoms with E-state index in [9.17, 15) is 0 Å². The van der Waals surface area contributed by atoms with Gasteiger partial charge in [0, 0.05) is 17.6 Å². The number of fused-ring (bicyclic) bond motifs is 1. The predicted molar refractivity (Wildman–Crippen MR) is 85.9 cm³/mol. The van der Waals surface area contributed by atoms with Gasteiger partial charge in [0.25, 0.3) is 0 Å². The van der Waals surface area contributed by atoms with Crippen molar-refractivity contribution >= 4 is 10.9 Å². The van der Waals surface area contributed by atoms with Crippen molar-refractivity contribution in [3.8, 4) is 0 Å². The van der Waals surface area contributed by atoms with Crippen molar-refractivity contribution < 1.29 is 0 Å². The van der Waals surface area contributed by atoms with Gasteiger partial charge in [-0.1, -0.05) is 25.1 Å². The van der Waals surface area contributed by atoms with E-state index in [1.807, 2.05) is 12.3 Å². The highest BCUT2D eigenvalue weighted by Gasteiger charge is 2.11. The highest BCUT2D eigenvalue weighted by Crippen LogP contribution is 2.21. The molecule has 0 fully saturated rings. The minimum absolute atomic E-state index is 0.406. The molecule has 0 bridgehead atoms. The fourth-order valence-electron chi connectivity index (χ4n) is 2.39. The van der Waals surface area contributed by atoms with Gasteiger partial charge in [0.05, 0.1) is 5.52 Å². The molecule has 1 atom stereocenters. The Morgan fingerprint density at radius 2 is 2.10 bits per heavy atom. The normalized spacial score (nSPS) is 13.0. The number of nitrogens with zero attached hydrogens (tertiary/aromatic N) is 2. The van der Waals surface area contributed by atoms with Crippen molar-refractivity contribution in [3.63, 3.8) is 0 Å². The molecular formula is C17H25N3. The molecule has 0 aliphatic carbocycles. The first-order chi connectivity index (χ1) is 9.70. The minimum atomic E-state index is 0.406. The molecule has 3 heteroatoms. The lowest BCUT2D eigenvalue weighted by molar-refractivity contribution is 0.361. The monoisotopic (exact) mass is 271 g/mol. The molecule has 20 heavy (non-hydrogen) atoms. The van der Waals surface area contributed by atoms with Crippen molar-refractivity contribution in [2.45, 2.75) is 25.8 Å². The highest BCUT2D eigenvalue weighted by molar-refractivity contribution is 5.78. The fourth-order valence-corrected chi connectivity index (χ4v) is 2.39. The SMILES string of the molecule is CCCNC(CCN(C)C)c1ccc2cccnc2c1. The van der Waals surface area contributed by atoms with Gasteiger partial charge < -0.3 is 10.2 Å². The third kappa shape index (κ3) is 4.02. The summed E-state index contributed by atoms with van der Waals surface area (Å²) in [4.78, 5) is 6.70. The molecule has 0 amide bonds.